The number of ether oxygens (including phenoxy) is 1. The van der Waals surface area contributed by atoms with Crippen LogP contribution in [0.25, 0.3) is 21.9 Å². The van der Waals surface area contributed by atoms with Gasteiger partial charge in [-0.3, -0.25) is 0 Å². The Morgan fingerprint density at radius 2 is 1.28 bits per heavy atom. The summed E-state index contributed by atoms with van der Waals surface area (Å²) in [6.45, 7) is 2.23. The van der Waals surface area contributed by atoms with Crippen LogP contribution in [-0.2, 0) is 11.8 Å². The van der Waals surface area contributed by atoms with Crippen molar-refractivity contribution >= 4 is 10.8 Å². The summed E-state index contributed by atoms with van der Waals surface area (Å²) in [5, 5.41) is 2.60. The van der Waals surface area contributed by atoms with Crippen LogP contribution in [-0.4, -0.2) is 0 Å². The molecule has 0 fully saturated rings. The second kappa shape index (κ2) is 6.34. The van der Waals surface area contributed by atoms with Crippen molar-refractivity contribution in [2.24, 2.45) is 0 Å². The van der Waals surface area contributed by atoms with Gasteiger partial charge in [0.05, 0.1) is 5.41 Å². The molecule has 0 radical (unpaired) electrons. The smallest absolute Gasteiger partial charge is 0.132 e. The second-order valence-electron chi connectivity index (χ2n) is 8.79. The van der Waals surface area contributed by atoms with Gasteiger partial charge in [-0.1, -0.05) is 97.9 Å². The van der Waals surface area contributed by atoms with Crippen molar-refractivity contribution in [3.8, 4) is 22.6 Å². The van der Waals surface area contributed by atoms with Crippen LogP contribution in [0.4, 0.5) is 0 Å². The van der Waals surface area contributed by atoms with Crippen LogP contribution in [0.1, 0.15) is 34.7 Å². The van der Waals surface area contributed by atoms with Crippen molar-refractivity contribution in [2.75, 3.05) is 0 Å². The van der Waals surface area contributed by atoms with Crippen molar-refractivity contribution < 1.29 is 4.74 Å². The molecule has 5 aromatic rings. The van der Waals surface area contributed by atoms with Gasteiger partial charge in [-0.05, 0) is 57.1 Å². The monoisotopic (exact) mass is 410 g/mol. The molecule has 152 valence electrons. The van der Waals surface area contributed by atoms with Crippen LogP contribution in [0, 0.1) is 0 Å². The van der Waals surface area contributed by atoms with Gasteiger partial charge in [-0.2, -0.15) is 0 Å². The first kappa shape index (κ1) is 17.8. The van der Waals surface area contributed by atoms with Gasteiger partial charge < -0.3 is 4.74 Å². The Morgan fingerprint density at radius 1 is 0.625 bits per heavy atom. The van der Waals surface area contributed by atoms with E-state index in [-0.39, 0.29) is 5.41 Å². The lowest BCUT2D eigenvalue weighted by Gasteiger charge is -2.39. The zero-order valence-corrected chi connectivity index (χ0v) is 17.9. The van der Waals surface area contributed by atoms with E-state index >= 15 is 0 Å². The number of aryl methyl sites for hydroxylation is 1. The van der Waals surface area contributed by atoms with Gasteiger partial charge in [-0.25, -0.2) is 0 Å². The average molecular weight is 411 g/mol. The molecule has 7 rings (SSSR count). The van der Waals surface area contributed by atoms with E-state index in [1.54, 1.807) is 0 Å². The average Bonchev–Trinajstić information content (AvgIpc) is 3.15. The zero-order valence-electron chi connectivity index (χ0n) is 17.9. The molecule has 1 spiro atoms. The topological polar surface area (TPSA) is 9.23 Å². The molecule has 0 unspecified atom stereocenters. The molecule has 0 aromatic heterocycles. The van der Waals surface area contributed by atoms with Crippen LogP contribution in [0.5, 0.6) is 11.5 Å². The fraction of sp³-hybridized carbons (Fsp3) is 0.0968. The highest BCUT2D eigenvalue weighted by Gasteiger charge is 2.51. The molecule has 0 amide bonds. The highest BCUT2D eigenvalue weighted by atomic mass is 16.5. The Kier molecular flexibility index (Phi) is 3.52. The third-order valence-corrected chi connectivity index (χ3v) is 7.30. The predicted octanol–water partition coefficient (Wildman–Crippen LogP) is 7.87. The molecule has 1 nitrogen and oxygen atoms in total. The molecule has 0 saturated carbocycles. The van der Waals surface area contributed by atoms with Gasteiger partial charge in [-0.15, -0.1) is 0 Å². The molecular formula is C31H22O. The summed E-state index contributed by atoms with van der Waals surface area (Å²) in [6, 6.07) is 37.6. The van der Waals surface area contributed by atoms with E-state index in [2.05, 4.69) is 110 Å². The Hall–Kier alpha value is -3.84. The maximum atomic E-state index is 6.43. The molecule has 0 bridgehead atoms. The van der Waals surface area contributed by atoms with Gasteiger partial charge in [0, 0.05) is 11.1 Å². The Morgan fingerprint density at radius 3 is 2.03 bits per heavy atom. The van der Waals surface area contributed by atoms with Crippen LogP contribution >= 0.6 is 0 Å². The van der Waals surface area contributed by atoms with E-state index in [0.717, 1.165) is 17.9 Å². The number of hydrogen-bond acceptors (Lipinski definition) is 1. The standard InChI is InChI=1S/C31H22O/c1-2-20-15-17-24-23(19-20)30-22-10-4-3-9-21(22)16-18-27(30)31(24)25-11-5-7-13-28(25)32-29-14-8-6-12-26(29)31/h3-19H,2H2,1H3. The van der Waals surface area contributed by atoms with Gasteiger partial charge in [0.1, 0.15) is 11.5 Å². The van der Waals surface area contributed by atoms with Crippen LogP contribution in [0.3, 0.4) is 0 Å². The minimum Gasteiger partial charge on any atom is -0.457 e. The first-order valence-corrected chi connectivity index (χ1v) is 11.3. The lowest BCUT2D eigenvalue weighted by Crippen LogP contribution is -2.32. The third kappa shape index (κ3) is 2.08. The highest BCUT2D eigenvalue weighted by Crippen LogP contribution is 2.63. The molecule has 1 aliphatic heterocycles. The van der Waals surface area contributed by atoms with Gasteiger partial charge in [0.25, 0.3) is 0 Å². The van der Waals surface area contributed by atoms with Crippen LogP contribution in [0.2, 0.25) is 0 Å². The summed E-state index contributed by atoms with van der Waals surface area (Å²) < 4.78 is 6.43. The molecule has 5 aromatic carbocycles. The predicted molar refractivity (Wildman–Crippen MR) is 131 cm³/mol. The SMILES string of the molecule is CCc1ccc2c(c1)-c1c(ccc3ccccc13)C21c2ccccc2Oc2ccccc21. The lowest BCUT2D eigenvalue weighted by molar-refractivity contribution is 0.436. The van der Waals surface area contributed by atoms with Crippen molar-refractivity contribution in [1.82, 2.24) is 0 Å². The van der Waals surface area contributed by atoms with E-state index < -0.39 is 0 Å². The molecule has 1 heterocycles. The number of hydrogen-bond donors (Lipinski definition) is 0. The van der Waals surface area contributed by atoms with E-state index in [4.69, 9.17) is 4.74 Å². The largest absolute Gasteiger partial charge is 0.457 e. The van der Waals surface area contributed by atoms with E-state index in [0.29, 0.717) is 0 Å². The maximum Gasteiger partial charge on any atom is 0.132 e. The van der Waals surface area contributed by atoms with E-state index in [1.807, 2.05) is 0 Å². The van der Waals surface area contributed by atoms with Crippen LogP contribution in [0.15, 0.2) is 103 Å². The van der Waals surface area contributed by atoms with Gasteiger partial charge in [0.15, 0.2) is 0 Å². The molecule has 1 heteroatoms. The Labute approximate surface area is 187 Å². The minimum absolute atomic E-state index is 0.383. The lowest BCUT2D eigenvalue weighted by atomic mass is 9.66. The summed E-state index contributed by atoms with van der Waals surface area (Å²) >= 11 is 0. The quantitative estimate of drug-likeness (QED) is 0.267. The van der Waals surface area contributed by atoms with E-state index in [9.17, 15) is 0 Å². The summed E-state index contributed by atoms with van der Waals surface area (Å²) in [5.74, 6) is 1.88. The van der Waals surface area contributed by atoms with Crippen molar-refractivity contribution in [3.05, 3.63) is 131 Å². The summed E-state index contributed by atoms with van der Waals surface area (Å²) in [4.78, 5) is 0. The first-order chi connectivity index (χ1) is 15.8. The zero-order chi connectivity index (χ0) is 21.3. The minimum atomic E-state index is -0.383. The fourth-order valence-corrected chi connectivity index (χ4v) is 5.94. The normalized spacial score (nSPS) is 14.4. The molecule has 0 N–H and O–H groups in total. The van der Waals surface area contributed by atoms with Crippen molar-refractivity contribution in [3.63, 3.8) is 0 Å². The number of para-hydroxylation sites is 2. The summed E-state index contributed by atoms with van der Waals surface area (Å²) in [5.41, 5.74) is 8.84. The van der Waals surface area contributed by atoms with Gasteiger partial charge in [0.2, 0.25) is 0 Å². The number of fused-ring (bicyclic) bond motifs is 11. The fourth-order valence-electron chi connectivity index (χ4n) is 5.94. The molecule has 0 atom stereocenters. The molecule has 1 aliphatic carbocycles. The van der Waals surface area contributed by atoms with Crippen LogP contribution < -0.4 is 4.74 Å². The number of benzene rings is 5. The Balaban J connectivity index is 1.73. The van der Waals surface area contributed by atoms with E-state index in [1.165, 1.54) is 49.7 Å². The first-order valence-electron chi connectivity index (χ1n) is 11.3. The molecule has 0 saturated heterocycles. The second-order valence-corrected chi connectivity index (χ2v) is 8.79. The molecule has 2 aliphatic rings. The van der Waals surface area contributed by atoms with Crippen molar-refractivity contribution in [1.29, 1.82) is 0 Å². The summed E-state index contributed by atoms with van der Waals surface area (Å²) in [6.07, 6.45) is 1.02. The molecular weight excluding hydrogens is 388 g/mol. The molecule has 32 heavy (non-hydrogen) atoms. The summed E-state index contributed by atoms with van der Waals surface area (Å²) in [7, 11) is 0. The number of rotatable bonds is 1. The Bertz CT molecular complexity index is 1500. The van der Waals surface area contributed by atoms with Crippen molar-refractivity contribution in [2.45, 2.75) is 18.8 Å². The van der Waals surface area contributed by atoms with Gasteiger partial charge >= 0.3 is 0 Å². The highest BCUT2D eigenvalue weighted by molar-refractivity contribution is 6.04. The third-order valence-electron chi connectivity index (χ3n) is 7.30. The maximum absolute atomic E-state index is 6.43.